The molecule has 1 N–H and O–H groups in total. The van der Waals surface area contributed by atoms with E-state index in [0.29, 0.717) is 12.5 Å². The number of rotatable bonds is 6. The summed E-state index contributed by atoms with van der Waals surface area (Å²) in [6.45, 7) is 6.28. The topological polar surface area (TPSA) is 65.0 Å². The Kier molecular flexibility index (Phi) is 5.41. The van der Waals surface area contributed by atoms with Crippen LogP contribution in [0.25, 0.3) is 0 Å². The Bertz CT molecular complexity index is 256. The molecule has 0 spiro atoms. The van der Waals surface area contributed by atoms with Gasteiger partial charge in [0.05, 0.1) is 18.8 Å². The molecule has 0 bridgehead atoms. The highest BCUT2D eigenvalue weighted by atomic mass is 31.2. The van der Waals surface area contributed by atoms with Crippen molar-refractivity contribution in [3.8, 4) is 0 Å². The van der Waals surface area contributed by atoms with E-state index in [-0.39, 0.29) is 18.8 Å². The summed E-state index contributed by atoms with van der Waals surface area (Å²) in [7, 11) is -3.92. The molecule has 16 heavy (non-hydrogen) atoms. The van der Waals surface area contributed by atoms with E-state index < -0.39 is 7.82 Å². The second-order valence-corrected chi connectivity index (χ2v) is 5.69. The number of phosphoric acid groups is 1. The molecular formula is C10H21O5P. The predicted octanol–water partition coefficient (Wildman–Crippen LogP) is 2.34. The number of phosphoric ester groups is 1. The fourth-order valence-corrected chi connectivity index (χ4v) is 2.74. The third kappa shape index (κ3) is 4.52. The standard InChI is InChI=1S/C10H21O5P/c1-4-9-5-6-13-10(9)7-14-16(11,12)15-8(2)3/h8-10H,4-7H2,1-3H3,(H,11,12). The molecular weight excluding hydrogens is 231 g/mol. The van der Waals surface area contributed by atoms with E-state index in [9.17, 15) is 9.46 Å². The lowest BCUT2D eigenvalue weighted by molar-refractivity contribution is 0.0269. The van der Waals surface area contributed by atoms with E-state index in [2.05, 4.69) is 6.92 Å². The van der Waals surface area contributed by atoms with E-state index >= 15 is 0 Å². The molecule has 1 heterocycles. The summed E-state index contributed by atoms with van der Waals surface area (Å²) in [5.41, 5.74) is 0. The van der Waals surface area contributed by atoms with Gasteiger partial charge in [-0.05, 0) is 26.2 Å². The minimum atomic E-state index is -3.92. The van der Waals surface area contributed by atoms with E-state index in [1.807, 2.05) is 0 Å². The van der Waals surface area contributed by atoms with Crippen LogP contribution in [-0.4, -0.2) is 30.3 Å². The summed E-state index contributed by atoms with van der Waals surface area (Å²) >= 11 is 0. The first-order chi connectivity index (χ1) is 7.44. The molecule has 3 unspecified atom stereocenters. The maximum atomic E-state index is 11.4. The average Bonchev–Trinajstić information content (AvgIpc) is 2.59. The average molecular weight is 252 g/mol. The predicted molar refractivity (Wildman–Crippen MR) is 60.1 cm³/mol. The largest absolute Gasteiger partial charge is 0.472 e. The van der Waals surface area contributed by atoms with E-state index in [1.165, 1.54) is 0 Å². The third-order valence-electron chi connectivity index (χ3n) is 2.62. The van der Waals surface area contributed by atoms with E-state index in [0.717, 1.165) is 12.8 Å². The summed E-state index contributed by atoms with van der Waals surface area (Å²) in [6, 6.07) is 0. The maximum Gasteiger partial charge on any atom is 0.472 e. The van der Waals surface area contributed by atoms with Crippen molar-refractivity contribution < 1.29 is 23.2 Å². The minimum absolute atomic E-state index is 0.0822. The van der Waals surface area contributed by atoms with Crippen molar-refractivity contribution in [1.29, 1.82) is 0 Å². The van der Waals surface area contributed by atoms with Crippen LogP contribution in [0.3, 0.4) is 0 Å². The molecule has 0 aliphatic carbocycles. The van der Waals surface area contributed by atoms with Gasteiger partial charge in [0.1, 0.15) is 0 Å². The van der Waals surface area contributed by atoms with Crippen molar-refractivity contribution >= 4 is 7.82 Å². The Morgan fingerprint density at radius 3 is 2.81 bits per heavy atom. The van der Waals surface area contributed by atoms with Gasteiger partial charge < -0.3 is 9.63 Å². The highest BCUT2D eigenvalue weighted by Crippen LogP contribution is 2.45. The van der Waals surface area contributed by atoms with Crippen LogP contribution in [-0.2, 0) is 18.3 Å². The quantitative estimate of drug-likeness (QED) is 0.735. The molecule has 0 saturated carbocycles. The van der Waals surface area contributed by atoms with Crippen LogP contribution in [0.15, 0.2) is 0 Å². The van der Waals surface area contributed by atoms with Gasteiger partial charge in [0, 0.05) is 6.61 Å². The zero-order chi connectivity index (χ0) is 12.2. The van der Waals surface area contributed by atoms with Crippen LogP contribution >= 0.6 is 7.82 Å². The van der Waals surface area contributed by atoms with Gasteiger partial charge in [0.25, 0.3) is 0 Å². The van der Waals surface area contributed by atoms with Crippen LogP contribution in [0, 0.1) is 5.92 Å². The second-order valence-electron chi connectivity index (χ2n) is 4.28. The summed E-state index contributed by atoms with van der Waals surface area (Å²) in [5.74, 6) is 0.416. The summed E-state index contributed by atoms with van der Waals surface area (Å²) in [5, 5.41) is 0. The Morgan fingerprint density at radius 2 is 2.25 bits per heavy atom. The molecule has 1 aliphatic rings. The molecule has 96 valence electrons. The molecule has 0 aromatic heterocycles. The molecule has 0 radical (unpaired) electrons. The molecule has 1 fully saturated rings. The van der Waals surface area contributed by atoms with Gasteiger partial charge in [-0.2, -0.15) is 0 Å². The van der Waals surface area contributed by atoms with Gasteiger partial charge in [0.15, 0.2) is 0 Å². The monoisotopic (exact) mass is 252 g/mol. The SMILES string of the molecule is CCC1CCOC1COP(=O)(O)OC(C)C. The number of hydrogen-bond acceptors (Lipinski definition) is 4. The smallest absolute Gasteiger partial charge is 0.376 e. The van der Waals surface area contributed by atoms with Gasteiger partial charge in [-0.1, -0.05) is 13.3 Å². The zero-order valence-electron chi connectivity index (χ0n) is 10.1. The lowest BCUT2D eigenvalue weighted by Gasteiger charge is -2.19. The van der Waals surface area contributed by atoms with Crippen molar-refractivity contribution in [3.63, 3.8) is 0 Å². The van der Waals surface area contributed by atoms with Crippen LogP contribution in [0.4, 0.5) is 0 Å². The molecule has 1 aliphatic heterocycles. The van der Waals surface area contributed by atoms with Gasteiger partial charge in [-0.15, -0.1) is 0 Å². The molecule has 0 aromatic carbocycles. The first-order valence-electron chi connectivity index (χ1n) is 5.72. The lowest BCUT2D eigenvalue weighted by Crippen LogP contribution is -2.21. The van der Waals surface area contributed by atoms with Crippen molar-refractivity contribution in [2.24, 2.45) is 5.92 Å². The van der Waals surface area contributed by atoms with Gasteiger partial charge in [-0.25, -0.2) is 4.57 Å². The first kappa shape index (κ1) is 14.1. The number of hydrogen-bond donors (Lipinski definition) is 1. The van der Waals surface area contributed by atoms with Crippen molar-refractivity contribution in [2.75, 3.05) is 13.2 Å². The van der Waals surface area contributed by atoms with Crippen LogP contribution in [0.5, 0.6) is 0 Å². The summed E-state index contributed by atoms with van der Waals surface area (Å²) in [4.78, 5) is 9.36. The zero-order valence-corrected chi connectivity index (χ0v) is 11.0. The van der Waals surface area contributed by atoms with Crippen molar-refractivity contribution in [1.82, 2.24) is 0 Å². The summed E-state index contributed by atoms with van der Waals surface area (Å²) in [6.07, 6.45) is 1.57. The molecule has 1 saturated heterocycles. The Morgan fingerprint density at radius 1 is 1.56 bits per heavy atom. The minimum Gasteiger partial charge on any atom is -0.376 e. The molecule has 5 nitrogen and oxygen atoms in total. The van der Waals surface area contributed by atoms with Crippen LogP contribution < -0.4 is 0 Å². The van der Waals surface area contributed by atoms with Gasteiger partial charge in [-0.3, -0.25) is 9.05 Å². The molecule has 6 heteroatoms. The van der Waals surface area contributed by atoms with E-state index in [4.69, 9.17) is 13.8 Å². The fourth-order valence-electron chi connectivity index (χ4n) is 1.81. The van der Waals surface area contributed by atoms with Gasteiger partial charge in [0.2, 0.25) is 0 Å². The Balaban J connectivity index is 2.35. The van der Waals surface area contributed by atoms with Crippen LogP contribution in [0.2, 0.25) is 0 Å². The lowest BCUT2D eigenvalue weighted by atomic mass is 9.99. The Hall–Kier alpha value is 0.0700. The van der Waals surface area contributed by atoms with Crippen molar-refractivity contribution in [3.05, 3.63) is 0 Å². The van der Waals surface area contributed by atoms with Crippen molar-refractivity contribution in [2.45, 2.75) is 45.8 Å². The highest BCUT2D eigenvalue weighted by Gasteiger charge is 2.31. The molecule has 0 aromatic rings. The molecule has 1 rings (SSSR count). The maximum absolute atomic E-state index is 11.4. The number of ether oxygens (including phenoxy) is 1. The highest BCUT2D eigenvalue weighted by molar-refractivity contribution is 7.47. The molecule has 0 amide bonds. The van der Waals surface area contributed by atoms with E-state index in [1.54, 1.807) is 13.8 Å². The first-order valence-corrected chi connectivity index (χ1v) is 7.21. The summed E-state index contributed by atoms with van der Waals surface area (Å²) < 4.78 is 26.6. The van der Waals surface area contributed by atoms with Crippen LogP contribution in [0.1, 0.15) is 33.6 Å². The molecule has 3 atom stereocenters. The third-order valence-corrected chi connectivity index (χ3v) is 3.78. The van der Waals surface area contributed by atoms with Gasteiger partial charge >= 0.3 is 7.82 Å². The Labute approximate surface area is 96.7 Å². The normalized spacial score (nSPS) is 29.6. The second kappa shape index (κ2) is 6.12. The fraction of sp³-hybridized carbons (Fsp3) is 1.00.